The zero-order valence-corrected chi connectivity index (χ0v) is 20.1. The van der Waals surface area contributed by atoms with Crippen LogP contribution in [0, 0.1) is 5.92 Å². The second-order valence-electron chi connectivity index (χ2n) is 10.4. The Morgan fingerprint density at radius 2 is 2.05 bits per heavy atom. The summed E-state index contributed by atoms with van der Waals surface area (Å²) in [6, 6.07) is 2.99. The van der Waals surface area contributed by atoms with Crippen molar-refractivity contribution in [2.45, 2.75) is 37.5 Å². The molecule has 1 unspecified atom stereocenters. The maximum absolute atomic E-state index is 14.6. The molecule has 1 aromatic rings. The van der Waals surface area contributed by atoms with Gasteiger partial charge in [0.25, 0.3) is 5.91 Å². The Hall–Kier alpha value is -3.73. The molecule has 0 aromatic carbocycles. The number of fused-ring (bicyclic) bond motifs is 2. The molecule has 1 N–H and O–H groups in total. The normalized spacial score (nSPS) is 30.7. The Balaban J connectivity index is 1.03. The molecule has 5 aliphatic heterocycles. The maximum atomic E-state index is 14.6. The number of rotatable bonds is 3. The first-order valence-corrected chi connectivity index (χ1v) is 12.7. The standard InChI is InChI=1S/C26H26FN5O5/c27-18-3-1-14-2-6-23(34)32-16(9-17(18)24(14)32)11-30-8-7-15-10-31(26(35)37-20(15)12-30)21-5-4-19-25(28-21)29-22(33)13-36-19/h1-5,15-16,20,24H,6-13H2,(H,28,29,33)/t15-,16+,20+,24?/m1/s1. The second-order valence-corrected chi connectivity index (χ2v) is 10.4. The molecule has 1 aromatic heterocycles. The summed E-state index contributed by atoms with van der Waals surface area (Å²) in [6.45, 7) is 2.38. The molecule has 0 radical (unpaired) electrons. The minimum atomic E-state index is -0.482. The highest BCUT2D eigenvalue weighted by Crippen LogP contribution is 2.43. The van der Waals surface area contributed by atoms with Gasteiger partial charge in [0, 0.05) is 38.0 Å². The maximum Gasteiger partial charge on any atom is 0.415 e. The number of aromatic nitrogens is 1. The number of carbonyl (C=O) groups is 3. The third kappa shape index (κ3) is 3.71. The van der Waals surface area contributed by atoms with Crippen LogP contribution in [0.15, 0.2) is 47.3 Å². The van der Waals surface area contributed by atoms with Crippen molar-refractivity contribution in [2.75, 3.05) is 43.0 Å². The predicted octanol–water partition coefficient (Wildman–Crippen LogP) is 2.15. The molecule has 6 heterocycles. The summed E-state index contributed by atoms with van der Waals surface area (Å²) in [4.78, 5) is 47.4. The Morgan fingerprint density at radius 3 is 2.95 bits per heavy atom. The molecule has 3 fully saturated rings. The van der Waals surface area contributed by atoms with Gasteiger partial charge in [-0.1, -0.05) is 12.2 Å². The third-order valence-electron chi connectivity index (χ3n) is 8.18. The van der Waals surface area contributed by atoms with E-state index in [0.29, 0.717) is 55.4 Å². The first-order chi connectivity index (χ1) is 17.9. The van der Waals surface area contributed by atoms with Crippen molar-refractivity contribution in [3.8, 4) is 5.75 Å². The SMILES string of the molecule is O=C1COc2ccc(N3C[C@H]4CCN(C[C@@H]5CC6=C(F)C=CC7=CCC(=O)N5C76)C[C@@H]4OC3=O)nc2N1. The lowest BCUT2D eigenvalue weighted by Crippen LogP contribution is -2.57. The summed E-state index contributed by atoms with van der Waals surface area (Å²) in [6.07, 6.45) is 6.11. The van der Waals surface area contributed by atoms with Crippen molar-refractivity contribution in [1.82, 2.24) is 14.8 Å². The van der Waals surface area contributed by atoms with E-state index in [1.165, 1.54) is 11.0 Å². The molecule has 1 aliphatic carbocycles. The Kier molecular flexibility index (Phi) is 5.10. The van der Waals surface area contributed by atoms with Crippen LogP contribution in [0.2, 0.25) is 0 Å². The molecule has 3 saturated heterocycles. The molecule has 7 rings (SSSR count). The van der Waals surface area contributed by atoms with Crippen LogP contribution in [0.3, 0.4) is 0 Å². The molecular weight excluding hydrogens is 481 g/mol. The topological polar surface area (TPSA) is 104 Å². The van der Waals surface area contributed by atoms with Crippen LogP contribution in [0.5, 0.6) is 5.75 Å². The van der Waals surface area contributed by atoms with Crippen molar-refractivity contribution in [1.29, 1.82) is 0 Å². The highest BCUT2D eigenvalue weighted by molar-refractivity contribution is 5.95. The number of nitrogens with zero attached hydrogens (tertiary/aromatic N) is 4. The molecule has 10 nitrogen and oxygen atoms in total. The van der Waals surface area contributed by atoms with Crippen LogP contribution in [-0.4, -0.2) is 83.7 Å². The van der Waals surface area contributed by atoms with Crippen molar-refractivity contribution in [3.05, 3.63) is 47.3 Å². The van der Waals surface area contributed by atoms with E-state index in [1.807, 2.05) is 11.0 Å². The van der Waals surface area contributed by atoms with Crippen LogP contribution in [0.25, 0.3) is 0 Å². The van der Waals surface area contributed by atoms with Crippen LogP contribution < -0.4 is 15.0 Å². The number of amides is 3. The van der Waals surface area contributed by atoms with E-state index in [4.69, 9.17) is 9.47 Å². The molecule has 3 amide bonds. The van der Waals surface area contributed by atoms with Crippen LogP contribution in [-0.2, 0) is 14.3 Å². The van der Waals surface area contributed by atoms with Gasteiger partial charge >= 0.3 is 6.09 Å². The zero-order valence-electron chi connectivity index (χ0n) is 20.1. The molecule has 0 bridgehead atoms. The summed E-state index contributed by atoms with van der Waals surface area (Å²) in [7, 11) is 0. The van der Waals surface area contributed by atoms with E-state index in [9.17, 15) is 18.8 Å². The summed E-state index contributed by atoms with van der Waals surface area (Å²) < 4.78 is 25.8. The number of anilines is 2. The van der Waals surface area contributed by atoms with Crippen LogP contribution >= 0.6 is 0 Å². The van der Waals surface area contributed by atoms with E-state index in [1.54, 1.807) is 18.2 Å². The van der Waals surface area contributed by atoms with E-state index < -0.39 is 6.09 Å². The van der Waals surface area contributed by atoms with Gasteiger partial charge in [-0.3, -0.25) is 19.4 Å². The summed E-state index contributed by atoms with van der Waals surface area (Å²) in [5, 5.41) is 2.67. The van der Waals surface area contributed by atoms with Crippen molar-refractivity contribution in [3.63, 3.8) is 0 Å². The number of hydrogen-bond acceptors (Lipinski definition) is 7. The summed E-state index contributed by atoms with van der Waals surface area (Å²) in [5.74, 6) is 0.799. The highest BCUT2D eigenvalue weighted by Gasteiger charge is 2.47. The number of likely N-dealkylation sites (tertiary alicyclic amines) is 1. The lowest BCUT2D eigenvalue weighted by molar-refractivity contribution is -0.133. The fourth-order valence-electron chi connectivity index (χ4n) is 6.42. The van der Waals surface area contributed by atoms with Gasteiger partial charge < -0.3 is 19.7 Å². The average Bonchev–Trinajstić information content (AvgIpc) is 3.28. The monoisotopic (exact) mass is 507 g/mol. The van der Waals surface area contributed by atoms with Crippen molar-refractivity contribution < 1.29 is 28.2 Å². The highest BCUT2D eigenvalue weighted by atomic mass is 19.1. The number of piperidine rings is 1. The van der Waals surface area contributed by atoms with E-state index in [-0.39, 0.29) is 48.4 Å². The molecule has 0 spiro atoms. The predicted molar refractivity (Wildman–Crippen MR) is 130 cm³/mol. The lowest BCUT2D eigenvalue weighted by atomic mass is 9.91. The number of nitrogens with one attached hydrogen (secondary N) is 1. The van der Waals surface area contributed by atoms with Gasteiger partial charge in [0.05, 0.1) is 6.04 Å². The third-order valence-corrected chi connectivity index (χ3v) is 8.18. The molecule has 192 valence electrons. The molecule has 4 atom stereocenters. The van der Waals surface area contributed by atoms with Crippen molar-refractivity contribution >= 4 is 29.5 Å². The molecule has 0 saturated carbocycles. The van der Waals surface area contributed by atoms with E-state index >= 15 is 0 Å². The number of ether oxygens (including phenoxy) is 2. The molecule has 6 aliphatic rings. The van der Waals surface area contributed by atoms with Gasteiger partial charge in [-0.25, -0.2) is 14.2 Å². The second kappa shape index (κ2) is 8.41. The molecule has 37 heavy (non-hydrogen) atoms. The van der Waals surface area contributed by atoms with Crippen molar-refractivity contribution in [2.24, 2.45) is 5.92 Å². The number of hydrogen-bond donors (Lipinski definition) is 1. The zero-order chi connectivity index (χ0) is 25.3. The Labute approximate surface area is 212 Å². The number of allylic oxidation sites excluding steroid dienone is 2. The summed E-state index contributed by atoms with van der Waals surface area (Å²) >= 11 is 0. The smallest absolute Gasteiger partial charge is 0.415 e. The van der Waals surface area contributed by atoms with Gasteiger partial charge in [0.15, 0.2) is 18.2 Å². The van der Waals surface area contributed by atoms with E-state index in [0.717, 1.165) is 18.5 Å². The van der Waals surface area contributed by atoms with Gasteiger partial charge in [0.2, 0.25) is 5.91 Å². The number of halogens is 1. The average molecular weight is 508 g/mol. The Morgan fingerprint density at radius 1 is 1.16 bits per heavy atom. The minimum absolute atomic E-state index is 0.0330. The first-order valence-electron chi connectivity index (χ1n) is 12.7. The largest absolute Gasteiger partial charge is 0.480 e. The fraction of sp³-hybridized carbons (Fsp3) is 0.462. The molecular formula is C26H26FN5O5. The fourth-order valence-corrected chi connectivity index (χ4v) is 6.42. The van der Waals surface area contributed by atoms with Gasteiger partial charge in [-0.2, -0.15) is 0 Å². The van der Waals surface area contributed by atoms with Gasteiger partial charge in [0.1, 0.15) is 17.7 Å². The number of carbonyl (C=O) groups excluding carboxylic acids is 3. The quantitative estimate of drug-likeness (QED) is 0.669. The molecule has 11 heteroatoms. The minimum Gasteiger partial charge on any atom is -0.480 e. The Bertz CT molecular complexity index is 1310. The number of pyridine rings is 1. The van der Waals surface area contributed by atoms with Crippen LogP contribution in [0.4, 0.5) is 20.8 Å². The van der Waals surface area contributed by atoms with Crippen LogP contribution in [0.1, 0.15) is 19.3 Å². The van der Waals surface area contributed by atoms with E-state index in [2.05, 4.69) is 15.2 Å². The first kappa shape index (κ1) is 22.5. The van der Waals surface area contributed by atoms with Gasteiger partial charge in [-0.15, -0.1) is 0 Å². The summed E-state index contributed by atoms with van der Waals surface area (Å²) in [5.41, 5.74) is 1.70. The lowest BCUT2D eigenvalue weighted by Gasteiger charge is -2.45. The van der Waals surface area contributed by atoms with Gasteiger partial charge in [-0.05, 0) is 48.7 Å².